The molecule has 1 saturated heterocycles. The van der Waals surface area contributed by atoms with E-state index in [1.807, 2.05) is 18.2 Å². The fourth-order valence-corrected chi connectivity index (χ4v) is 8.96. The minimum atomic E-state index is -0.771. The molecule has 5 fully saturated rings. The maximum atomic E-state index is 13.7. The van der Waals surface area contributed by atoms with Crippen molar-refractivity contribution in [3.63, 3.8) is 0 Å². The molecule has 5 aliphatic rings. The van der Waals surface area contributed by atoms with Crippen LogP contribution in [0.4, 0.5) is 10.5 Å². The first kappa shape index (κ1) is 30.3. The van der Waals surface area contributed by atoms with Crippen LogP contribution >= 0.6 is 39.1 Å². The molecule has 7 nitrogen and oxygen atoms in total. The Bertz CT molecular complexity index is 1720. The number of benzene rings is 3. The van der Waals surface area contributed by atoms with E-state index in [0.29, 0.717) is 37.3 Å². The van der Waals surface area contributed by atoms with Crippen LogP contribution in [0.3, 0.4) is 0 Å². The largest absolute Gasteiger partial charge is 0.493 e. The van der Waals surface area contributed by atoms with Gasteiger partial charge in [-0.1, -0.05) is 57.3 Å². The number of ether oxygens (including phenoxy) is 2. The first-order chi connectivity index (χ1) is 21.6. The average molecular weight is 710 g/mol. The summed E-state index contributed by atoms with van der Waals surface area (Å²) in [4.78, 5) is 40.6. The standard InChI is InChI=1S/C35H31BrCl2N2O5/c1-44-30-13-23(27(36)14-31(30)45-18-19-2-7-28(37)29(38)11-19)12-26-32(41)39-34(43)40(33(26)42)25-5-3-24(4-6-25)35-15-20-8-21(16-35)10-22(9-20)17-35/h2-7,11-14,20-22H,8-10,15-18H2,1H3,(H,39,41,43)/b26-12+. The van der Waals surface area contributed by atoms with Crippen LogP contribution in [0.2, 0.25) is 10.0 Å². The Morgan fingerprint density at radius 1 is 0.911 bits per heavy atom. The second kappa shape index (κ2) is 11.8. The van der Waals surface area contributed by atoms with Crippen LogP contribution < -0.4 is 19.7 Å². The number of rotatable bonds is 7. The number of carbonyl (C=O) groups excluding carboxylic acids is 3. The second-order valence-electron chi connectivity index (χ2n) is 12.8. The summed E-state index contributed by atoms with van der Waals surface area (Å²) in [6.07, 6.45) is 9.19. The Labute approximate surface area is 280 Å². The minimum Gasteiger partial charge on any atom is -0.493 e. The highest BCUT2D eigenvalue weighted by molar-refractivity contribution is 9.10. The van der Waals surface area contributed by atoms with Gasteiger partial charge in [-0.25, -0.2) is 9.69 Å². The van der Waals surface area contributed by atoms with Gasteiger partial charge in [0.05, 0.1) is 22.8 Å². The first-order valence-electron chi connectivity index (χ1n) is 15.1. The maximum Gasteiger partial charge on any atom is 0.335 e. The summed E-state index contributed by atoms with van der Waals surface area (Å²) in [5, 5.41) is 3.20. The fourth-order valence-electron chi connectivity index (χ4n) is 8.20. The molecule has 0 radical (unpaired) electrons. The molecule has 1 heterocycles. The molecule has 0 aromatic heterocycles. The predicted octanol–water partition coefficient (Wildman–Crippen LogP) is 8.48. The first-order valence-corrected chi connectivity index (χ1v) is 16.6. The third-order valence-corrected chi connectivity index (χ3v) is 11.3. The lowest BCUT2D eigenvalue weighted by Crippen LogP contribution is -2.54. The van der Waals surface area contributed by atoms with E-state index in [1.165, 1.54) is 57.3 Å². The van der Waals surface area contributed by atoms with Crippen molar-refractivity contribution in [2.75, 3.05) is 12.0 Å². The Hall–Kier alpha value is -3.33. The Kier molecular flexibility index (Phi) is 7.95. The molecule has 4 saturated carbocycles. The molecule has 3 aromatic carbocycles. The van der Waals surface area contributed by atoms with Gasteiger partial charge in [-0.05, 0) is 121 Å². The topological polar surface area (TPSA) is 84.9 Å². The Balaban J connectivity index is 1.13. The van der Waals surface area contributed by atoms with Crippen LogP contribution in [0.25, 0.3) is 6.08 Å². The SMILES string of the molecule is COc1cc(/C=C2\C(=O)NC(=O)N(c3ccc(C45CC6CC(CC(C6)C4)C5)cc3)C2=O)c(Br)cc1OCc1ccc(Cl)c(Cl)c1. The minimum absolute atomic E-state index is 0.174. The lowest BCUT2D eigenvalue weighted by Gasteiger charge is -2.57. The monoisotopic (exact) mass is 708 g/mol. The summed E-state index contributed by atoms with van der Waals surface area (Å²) in [7, 11) is 1.50. The molecule has 45 heavy (non-hydrogen) atoms. The van der Waals surface area contributed by atoms with E-state index in [4.69, 9.17) is 32.7 Å². The van der Waals surface area contributed by atoms with Gasteiger partial charge in [0.25, 0.3) is 11.8 Å². The molecular weight excluding hydrogens is 679 g/mol. The molecular formula is C35H31BrCl2N2O5. The lowest BCUT2D eigenvalue weighted by molar-refractivity contribution is -0.122. The van der Waals surface area contributed by atoms with E-state index >= 15 is 0 Å². The number of hydrogen-bond donors (Lipinski definition) is 1. The lowest BCUT2D eigenvalue weighted by atomic mass is 9.48. The summed E-state index contributed by atoms with van der Waals surface area (Å²) < 4.78 is 12.1. The van der Waals surface area contributed by atoms with Crippen molar-refractivity contribution < 1.29 is 23.9 Å². The fraction of sp³-hybridized carbons (Fsp3) is 0.343. The van der Waals surface area contributed by atoms with Gasteiger partial charge in [0.1, 0.15) is 12.2 Å². The van der Waals surface area contributed by atoms with Crippen LogP contribution in [0.1, 0.15) is 55.2 Å². The van der Waals surface area contributed by atoms with Gasteiger partial charge in [0.2, 0.25) is 0 Å². The van der Waals surface area contributed by atoms with Crippen LogP contribution in [-0.2, 0) is 21.6 Å². The summed E-state index contributed by atoms with van der Waals surface area (Å²) >= 11 is 15.7. The normalized spacial score (nSPS) is 26.4. The number of nitrogens with zero attached hydrogens (tertiary/aromatic N) is 1. The zero-order valence-electron chi connectivity index (χ0n) is 24.6. The molecule has 4 bridgehead atoms. The number of imide groups is 2. The van der Waals surface area contributed by atoms with E-state index < -0.39 is 17.8 Å². The maximum absolute atomic E-state index is 13.7. The molecule has 4 amide bonds. The third-order valence-electron chi connectivity index (χ3n) is 9.84. The molecule has 8 rings (SSSR count). The number of anilines is 1. The highest BCUT2D eigenvalue weighted by atomic mass is 79.9. The van der Waals surface area contributed by atoms with E-state index in [0.717, 1.165) is 28.2 Å². The molecule has 0 unspecified atom stereocenters. The van der Waals surface area contributed by atoms with Gasteiger partial charge in [-0.15, -0.1) is 0 Å². The predicted molar refractivity (Wildman–Crippen MR) is 177 cm³/mol. The van der Waals surface area contributed by atoms with Crippen molar-refractivity contribution in [1.82, 2.24) is 5.32 Å². The molecule has 4 aliphatic carbocycles. The molecule has 10 heteroatoms. The average Bonchev–Trinajstić information content (AvgIpc) is 3.00. The molecule has 3 aromatic rings. The van der Waals surface area contributed by atoms with Crippen LogP contribution in [0.15, 0.2) is 64.6 Å². The van der Waals surface area contributed by atoms with Crippen molar-refractivity contribution >= 4 is 68.7 Å². The van der Waals surface area contributed by atoms with E-state index in [1.54, 1.807) is 24.3 Å². The van der Waals surface area contributed by atoms with Crippen molar-refractivity contribution in [2.45, 2.75) is 50.5 Å². The second-order valence-corrected chi connectivity index (χ2v) is 14.4. The van der Waals surface area contributed by atoms with Gasteiger partial charge < -0.3 is 9.47 Å². The molecule has 1 aliphatic heterocycles. The third kappa shape index (κ3) is 5.66. The van der Waals surface area contributed by atoms with E-state index in [2.05, 4.69) is 33.4 Å². The van der Waals surface area contributed by atoms with Gasteiger partial charge in [-0.2, -0.15) is 0 Å². The highest BCUT2D eigenvalue weighted by Crippen LogP contribution is 2.60. The summed E-state index contributed by atoms with van der Waals surface area (Å²) in [6.45, 7) is 0.208. The Morgan fingerprint density at radius 3 is 2.20 bits per heavy atom. The quantitative estimate of drug-likeness (QED) is 0.197. The van der Waals surface area contributed by atoms with Crippen LogP contribution in [-0.4, -0.2) is 25.0 Å². The van der Waals surface area contributed by atoms with Crippen molar-refractivity contribution in [3.05, 3.63) is 91.4 Å². The van der Waals surface area contributed by atoms with Crippen molar-refractivity contribution in [1.29, 1.82) is 0 Å². The molecule has 1 N–H and O–H groups in total. The number of halogens is 3. The smallest absolute Gasteiger partial charge is 0.335 e. The van der Waals surface area contributed by atoms with E-state index in [9.17, 15) is 14.4 Å². The molecule has 232 valence electrons. The van der Waals surface area contributed by atoms with Gasteiger partial charge in [0, 0.05) is 4.47 Å². The number of methoxy groups -OCH3 is 1. The summed E-state index contributed by atoms with van der Waals surface area (Å²) in [6, 6.07) is 15.6. The van der Waals surface area contributed by atoms with Crippen LogP contribution in [0.5, 0.6) is 11.5 Å². The molecule has 0 spiro atoms. The van der Waals surface area contributed by atoms with Gasteiger partial charge in [0.15, 0.2) is 11.5 Å². The number of carbonyl (C=O) groups is 3. The number of urea groups is 1. The van der Waals surface area contributed by atoms with Gasteiger partial charge >= 0.3 is 6.03 Å². The van der Waals surface area contributed by atoms with E-state index in [-0.39, 0.29) is 17.6 Å². The van der Waals surface area contributed by atoms with Crippen molar-refractivity contribution in [2.24, 2.45) is 17.8 Å². The molecule has 0 atom stereocenters. The van der Waals surface area contributed by atoms with Crippen molar-refractivity contribution in [3.8, 4) is 11.5 Å². The number of nitrogens with one attached hydrogen (secondary N) is 1. The number of hydrogen-bond acceptors (Lipinski definition) is 5. The highest BCUT2D eigenvalue weighted by Gasteiger charge is 2.51. The van der Waals surface area contributed by atoms with Gasteiger partial charge in [-0.3, -0.25) is 14.9 Å². The zero-order valence-corrected chi connectivity index (χ0v) is 27.7. The van der Waals surface area contributed by atoms with Crippen LogP contribution in [0, 0.1) is 17.8 Å². The summed E-state index contributed by atoms with van der Waals surface area (Å²) in [5.74, 6) is 1.80. The summed E-state index contributed by atoms with van der Waals surface area (Å²) in [5.41, 5.74) is 3.05. The zero-order chi connectivity index (χ0) is 31.5. The number of amides is 4. The number of barbiturate groups is 1. The Morgan fingerprint density at radius 2 is 1.58 bits per heavy atom.